The molecule has 1 unspecified atom stereocenters. The largest absolute Gasteiger partial charge is 0.388 e. The van der Waals surface area contributed by atoms with Crippen LogP contribution in [0.4, 0.5) is 5.69 Å². The van der Waals surface area contributed by atoms with Gasteiger partial charge in [0.2, 0.25) is 0 Å². The summed E-state index contributed by atoms with van der Waals surface area (Å²) >= 11 is 0. The number of benzene rings is 2. The van der Waals surface area contributed by atoms with Gasteiger partial charge in [0.05, 0.1) is 16.9 Å². The summed E-state index contributed by atoms with van der Waals surface area (Å²) in [6, 6.07) is 13.4. The first kappa shape index (κ1) is 21.5. The van der Waals surface area contributed by atoms with E-state index in [1.807, 2.05) is 48.9 Å². The van der Waals surface area contributed by atoms with E-state index in [2.05, 4.69) is 34.5 Å². The standard InChI is InChI=1S/C23H30N6O/c1-6-12-23(5,26-16(4)24)18-8-7-9-19(14-18)25-22(30)17-10-11-21-20(13-17)27-28-29(21)15(2)3/h7-11,13-15H,6,12H2,1-5H3,(H2,24,26)(H,25,30). The molecule has 0 spiro atoms. The summed E-state index contributed by atoms with van der Waals surface area (Å²) < 4.78 is 1.84. The smallest absolute Gasteiger partial charge is 0.255 e. The first-order valence-electron chi connectivity index (χ1n) is 10.3. The van der Waals surface area contributed by atoms with Gasteiger partial charge in [-0.3, -0.25) is 9.79 Å². The van der Waals surface area contributed by atoms with Crippen molar-refractivity contribution in [2.24, 2.45) is 10.7 Å². The molecular formula is C23H30N6O. The van der Waals surface area contributed by atoms with Crippen LogP contribution in [0.5, 0.6) is 0 Å². The Morgan fingerprint density at radius 3 is 2.70 bits per heavy atom. The van der Waals surface area contributed by atoms with Crippen LogP contribution in [0.2, 0.25) is 0 Å². The Balaban J connectivity index is 1.86. The van der Waals surface area contributed by atoms with Crippen LogP contribution in [0.3, 0.4) is 0 Å². The lowest BCUT2D eigenvalue weighted by molar-refractivity contribution is 0.102. The molecule has 7 heteroatoms. The average molecular weight is 407 g/mol. The monoisotopic (exact) mass is 406 g/mol. The lowest BCUT2D eigenvalue weighted by atomic mass is 9.88. The molecule has 3 aromatic rings. The number of fused-ring (bicyclic) bond motifs is 1. The van der Waals surface area contributed by atoms with E-state index in [1.54, 1.807) is 19.1 Å². The van der Waals surface area contributed by atoms with Crippen molar-refractivity contribution >= 4 is 28.5 Å². The van der Waals surface area contributed by atoms with Crippen molar-refractivity contribution in [1.82, 2.24) is 15.0 Å². The number of nitrogens with one attached hydrogen (secondary N) is 1. The summed E-state index contributed by atoms with van der Waals surface area (Å²) in [4.78, 5) is 17.5. The quantitative estimate of drug-likeness (QED) is 0.440. The van der Waals surface area contributed by atoms with Crippen LogP contribution >= 0.6 is 0 Å². The fraction of sp³-hybridized carbons (Fsp3) is 0.391. The maximum atomic E-state index is 12.8. The Labute approximate surface area is 177 Å². The Bertz CT molecular complexity index is 1080. The zero-order valence-corrected chi connectivity index (χ0v) is 18.3. The minimum absolute atomic E-state index is 0.191. The normalized spacial score (nSPS) is 14.1. The maximum Gasteiger partial charge on any atom is 0.255 e. The molecule has 7 nitrogen and oxygen atoms in total. The highest BCUT2D eigenvalue weighted by atomic mass is 16.1. The number of anilines is 1. The van der Waals surface area contributed by atoms with Gasteiger partial charge < -0.3 is 11.1 Å². The summed E-state index contributed by atoms with van der Waals surface area (Å²) in [5, 5.41) is 11.3. The van der Waals surface area contributed by atoms with Crippen molar-refractivity contribution in [3.63, 3.8) is 0 Å². The number of hydrogen-bond donors (Lipinski definition) is 2. The van der Waals surface area contributed by atoms with E-state index in [1.165, 1.54) is 0 Å². The van der Waals surface area contributed by atoms with Gasteiger partial charge >= 0.3 is 0 Å². The van der Waals surface area contributed by atoms with Gasteiger partial charge in [-0.25, -0.2) is 4.68 Å². The molecule has 0 aliphatic carbocycles. The Morgan fingerprint density at radius 1 is 1.27 bits per heavy atom. The van der Waals surface area contributed by atoms with Crippen LogP contribution in [-0.2, 0) is 5.54 Å². The van der Waals surface area contributed by atoms with E-state index in [-0.39, 0.29) is 11.9 Å². The van der Waals surface area contributed by atoms with E-state index in [0.29, 0.717) is 16.9 Å². The number of aliphatic imine (C=N–C) groups is 1. The third-order valence-corrected chi connectivity index (χ3v) is 5.12. The summed E-state index contributed by atoms with van der Waals surface area (Å²) in [6.45, 7) is 10.1. The van der Waals surface area contributed by atoms with Gasteiger partial charge in [0.15, 0.2) is 0 Å². The van der Waals surface area contributed by atoms with Gasteiger partial charge in [-0.2, -0.15) is 0 Å². The molecule has 0 saturated carbocycles. The molecule has 1 atom stereocenters. The highest BCUT2D eigenvalue weighted by Crippen LogP contribution is 2.32. The summed E-state index contributed by atoms with van der Waals surface area (Å²) in [5.41, 5.74) is 9.33. The van der Waals surface area contributed by atoms with Gasteiger partial charge in [-0.05, 0) is 70.0 Å². The molecule has 0 bridgehead atoms. The van der Waals surface area contributed by atoms with E-state index in [9.17, 15) is 4.79 Å². The molecule has 0 aliphatic rings. The van der Waals surface area contributed by atoms with Gasteiger partial charge in [0.1, 0.15) is 5.52 Å². The predicted molar refractivity (Wildman–Crippen MR) is 122 cm³/mol. The first-order valence-corrected chi connectivity index (χ1v) is 10.3. The van der Waals surface area contributed by atoms with Gasteiger partial charge in [0.25, 0.3) is 5.91 Å². The van der Waals surface area contributed by atoms with Crippen molar-refractivity contribution in [3.8, 4) is 0 Å². The van der Waals surface area contributed by atoms with E-state index in [0.717, 1.165) is 29.6 Å². The highest BCUT2D eigenvalue weighted by molar-refractivity contribution is 6.05. The number of aromatic nitrogens is 3. The predicted octanol–water partition coefficient (Wildman–Crippen LogP) is 4.66. The molecule has 1 heterocycles. The van der Waals surface area contributed by atoms with Crippen LogP contribution in [0, 0.1) is 0 Å². The molecule has 2 aromatic carbocycles. The average Bonchev–Trinajstić information content (AvgIpc) is 3.11. The Hall–Kier alpha value is -3.22. The lowest BCUT2D eigenvalue weighted by Crippen LogP contribution is -2.23. The van der Waals surface area contributed by atoms with E-state index in [4.69, 9.17) is 5.73 Å². The van der Waals surface area contributed by atoms with Crippen LogP contribution in [0.15, 0.2) is 47.5 Å². The number of carbonyl (C=O) groups excluding carboxylic acids is 1. The summed E-state index contributed by atoms with van der Waals surface area (Å²) in [6.07, 6.45) is 1.84. The molecule has 3 N–H and O–H groups in total. The van der Waals surface area contributed by atoms with E-state index >= 15 is 0 Å². The second-order valence-corrected chi connectivity index (χ2v) is 8.14. The second-order valence-electron chi connectivity index (χ2n) is 8.14. The molecular weight excluding hydrogens is 376 g/mol. The molecule has 0 radical (unpaired) electrons. The second kappa shape index (κ2) is 8.65. The summed E-state index contributed by atoms with van der Waals surface area (Å²) in [7, 11) is 0. The van der Waals surface area contributed by atoms with Gasteiger partial charge in [0, 0.05) is 17.3 Å². The van der Waals surface area contributed by atoms with Crippen LogP contribution < -0.4 is 11.1 Å². The third-order valence-electron chi connectivity index (χ3n) is 5.12. The number of amides is 1. The van der Waals surface area contributed by atoms with Crippen LogP contribution in [-0.4, -0.2) is 26.7 Å². The molecule has 3 rings (SSSR count). The molecule has 1 amide bonds. The minimum atomic E-state index is -0.428. The van der Waals surface area contributed by atoms with Crippen molar-refractivity contribution in [2.75, 3.05) is 5.32 Å². The SMILES string of the molecule is CCCC(C)(N=C(C)N)c1cccc(NC(=O)c2ccc3c(c2)nnn3C(C)C)c1. The number of amidine groups is 1. The molecule has 1 aromatic heterocycles. The number of carbonyl (C=O) groups is 1. The van der Waals surface area contributed by atoms with Crippen LogP contribution in [0.25, 0.3) is 11.0 Å². The Kier molecular flexibility index (Phi) is 6.20. The lowest BCUT2D eigenvalue weighted by Gasteiger charge is -2.26. The number of rotatable bonds is 7. The summed E-state index contributed by atoms with van der Waals surface area (Å²) in [5.74, 6) is 0.354. The maximum absolute atomic E-state index is 12.8. The molecule has 0 fully saturated rings. The highest BCUT2D eigenvalue weighted by Gasteiger charge is 2.25. The van der Waals surface area contributed by atoms with Crippen LogP contribution in [0.1, 0.15) is 69.4 Å². The van der Waals surface area contributed by atoms with Crippen molar-refractivity contribution in [2.45, 2.75) is 59.0 Å². The zero-order valence-electron chi connectivity index (χ0n) is 18.3. The van der Waals surface area contributed by atoms with E-state index < -0.39 is 5.54 Å². The van der Waals surface area contributed by atoms with Gasteiger partial charge in [-0.15, -0.1) is 5.10 Å². The molecule has 0 saturated heterocycles. The van der Waals surface area contributed by atoms with Crippen molar-refractivity contribution in [1.29, 1.82) is 0 Å². The Morgan fingerprint density at radius 2 is 2.03 bits per heavy atom. The molecule has 0 aliphatic heterocycles. The molecule has 158 valence electrons. The van der Waals surface area contributed by atoms with Crippen molar-refractivity contribution < 1.29 is 4.79 Å². The fourth-order valence-electron chi connectivity index (χ4n) is 3.74. The molecule has 30 heavy (non-hydrogen) atoms. The third kappa shape index (κ3) is 4.50. The first-order chi connectivity index (χ1) is 14.2. The number of hydrogen-bond acceptors (Lipinski definition) is 4. The van der Waals surface area contributed by atoms with Gasteiger partial charge in [-0.1, -0.05) is 30.7 Å². The number of nitrogens with zero attached hydrogens (tertiary/aromatic N) is 4. The topological polar surface area (TPSA) is 98.2 Å². The minimum Gasteiger partial charge on any atom is -0.388 e. The fourth-order valence-corrected chi connectivity index (χ4v) is 3.74. The number of nitrogens with two attached hydrogens (primary N) is 1. The zero-order chi connectivity index (χ0) is 21.9. The van der Waals surface area contributed by atoms with Crippen molar-refractivity contribution in [3.05, 3.63) is 53.6 Å².